The summed E-state index contributed by atoms with van der Waals surface area (Å²) in [5, 5.41) is 14.5. The van der Waals surface area contributed by atoms with Crippen molar-refractivity contribution in [3.05, 3.63) is 70.3 Å². The first-order valence-electron chi connectivity index (χ1n) is 8.54. The van der Waals surface area contributed by atoms with E-state index in [9.17, 15) is 19.7 Å². The smallest absolute Gasteiger partial charge is 0.270 e. The molecule has 1 fully saturated rings. The number of nitrogens with two attached hydrogens (primary N) is 1. The molecule has 2 aliphatic rings. The molecular formula is C20H13N3O5. The Morgan fingerprint density at radius 2 is 1.93 bits per heavy atom. The molecule has 3 aromatic rings. The van der Waals surface area contributed by atoms with Gasteiger partial charge in [0, 0.05) is 23.2 Å². The number of nitrogen functional groups attached to an aromatic ring is 1. The van der Waals surface area contributed by atoms with Gasteiger partial charge in [-0.25, -0.2) is 0 Å². The number of carbonyl (C=O) groups is 2. The maximum atomic E-state index is 12.8. The van der Waals surface area contributed by atoms with Crippen molar-refractivity contribution in [1.29, 1.82) is 0 Å². The predicted octanol–water partition coefficient (Wildman–Crippen LogP) is 2.71. The lowest BCUT2D eigenvalue weighted by Crippen LogP contribution is -2.39. The molecule has 1 aromatic heterocycles. The molecule has 8 heteroatoms. The number of nitro benzene ring substituents is 1. The first kappa shape index (κ1) is 16.2. The van der Waals surface area contributed by atoms with Gasteiger partial charge in [0.2, 0.25) is 11.8 Å². The number of carbonyl (C=O) groups excluding carboxylic acids is 2. The zero-order chi connectivity index (χ0) is 19.6. The molecule has 1 saturated heterocycles. The molecule has 3 N–H and O–H groups in total. The van der Waals surface area contributed by atoms with Gasteiger partial charge in [-0.3, -0.25) is 25.0 Å². The molecule has 138 valence electrons. The second-order valence-electron chi connectivity index (χ2n) is 6.85. The number of amides is 2. The van der Waals surface area contributed by atoms with Crippen LogP contribution in [0.3, 0.4) is 0 Å². The highest BCUT2D eigenvalue weighted by atomic mass is 16.6. The number of imide groups is 1. The number of nitro groups is 1. The van der Waals surface area contributed by atoms with Crippen molar-refractivity contribution in [2.45, 2.75) is 5.41 Å². The number of furan rings is 1. The number of nitrogens with one attached hydrogen (secondary N) is 1. The molecule has 1 aliphatic carbocycles. The zero-order valence-corrected chi connectivity index (χ0v) is 14.3. The Bertz CT molecular complexity index is 1290. The molecule has 2 amide bonds. The third kappa shape index (κ3) is 1.88. The lowest BCUT2D eigenvalue weighted by Gasteiger charge is -2.30. The van der Waals surface area contributed by atoms with Gasteiger partial charge in [0.25, 0.3) is 5.69 Å². The monoisotopic (exact) mass is 375 g/mol. The minimum atomic E-state index is -1.26. The minimum absolute atomic E-state index is 0.0923. The lowest BCUT2D eigenvalue weighted by atomic mass is 9.69. The fraction of sp³-hybridized carbons (Fsp3) is 0.100. The Morgan fingerprint density at radius 1 is 1.14 bits per heavy atom. The topological polar surface area (TPSA) is 128 Å². The van der Waals surface area contributed by atoms with Crippen molar-refractivity contribution < 1.29 is 18.9 Å². The second-order valence-corrected chi connectivity index (χ2v) is 6.85. The SMILES string of the molecule is Nc1c(C23C=CC=CC2C(=O)NC3=O)ccc2oc3ccc([N+](=O)[O-])cc3c12. The van der Waals surface area contributed by atoms with Crippen molar-refractivity contribution in [2.75, 3.05) is 5.73 Å². The summed E-state index contributed by atoms with van der Waals surface area (Å²) >= 11 is 0. The van der Waals surface area contributed by atoms with Gasteiger partial charge in [-0.15, -0.1) is 0 Å². The lowest BCUT2D eigenvalue weighted by molar-refractivity contribution is -0.384. The minimum Gasteiger partial charge on any atom is -0.456 e. The number of allylic oxidation sites excluding steroid dienone is 2. The van der Waals surface area contributed by atoms with E-state index in [4.69, 9.17) is 10.2 Å². The van der Waals surface area contributed by atoms with Crippen LogP contribution < -0.4 is 11.1 Å². The number of benzene rings is 2. The van der Waals surface area contributed by atoms with E-state index in [2.05, 4.69) is 5.32 Å². The number of non-ortho nitro benzene ring substituents is 1. The van der Waals surface area contributed by atoms with E-state index < -0.39 is 28.1 Å². The summed E-state index contributed by atoms with van der Waals surface area (Å²) in [7, 11) is 0. The standard InChI is InChI=1S/C20H13N3O5/c21-17-12(20-8-2-1-3-13(20)18(24)22-19(20)25)5-7-15-16(17)11-9-10(23(26)27)4-6-14(11)28-15/h1-9,13H,21H2,(H,22,24,25). The highest BCUT2D eigenvalue weighted by Gasteiger charge is 2.55. The Morgan fingerprint density at radius 3 is 2.71 bits per heavy atom. The van der Waals surface area contributed by atoms with Crippen LogP contribution >= 0.6 is 0 Å². The van der Waals surface area contributed by atoms with Gasteiger partial charge in [-0.1, -0.05) is 30.4 Å². The Balaban J connectivity index is 1.84. The van der Waals surface area contributed by atoms with Gasteiger partial charge in [0.15, 0.2) is 0 Å². The summed E-state index contributed by atoms with van der Waals surface area (Å²) in [4.78, 5) is 35.8. The van der Waals surface area contributed by atoms with E-state index in [0.717, 1.165) is 0 Å². The highest BCUT2D eigenvalue weighted by molar-refractivity contribution is 6.17. The van der Waals surface area contributed by atoms with Crippen LogP contribution in [0.25, 0.3) is 21.9 Å². The number of hydrogen-bond donors (Lipinski definition) is 2. The van der Waals surface area contributed by atoms with Crippen LogP contribution in [0.15, 0.2) is 59.1 Å². The number of anilines is 1. The van der Waals surface area contributed by atoms with Crippen molar-refractivity contribution in [2.24, 2.45) is 5.92 Å². The molecule has 28 heavy (non-hydrogen) atoms. The fourth-order valence-electron chi connectivity index (χ4n) is 4.18. The molecule has 2 unspecified atom stereocenters. The molecule has 8 nitrogen and oxygen atoms in total. The molecular weight excluding hydrogens is 362 g/mol. The molecule has 0 saturated carbocycles. The molecule has 2 aromatic carbocycles. The van der Waals surface area contributed by atoms with Gasteiger partial charge in [-0.2, -0.15) is 0 Å². The second kappa shape index (κ2) is 5.29. The van der Waals surface area contributed by atoms with Crippen molar-refractivity contribution in [3.63, 3.8) is 0 Å². The van der Waals surface area contributed by atoms with E-state index >= 15 is 0 Å². The van der Waals surface area contributed by atoms with E-state index in [1.807, 2.05) is 0 Å². The Hall–Kier alpha value is -3.94. The summed E-state index contributed by atoms with van der Waals surface area (Å²) < 4.78 is 5.77. The van der Waals surface area contributed by atoms with Crippen LogP contribution in [-0.2, 0) is 15.0 Å². The molecule has 0 radical (unpaired) electrons. The van der Waals surface area contributed by atoms with Crippen LogP contribution in [0.5, 0.6) is 0 Å². The average Bonchev–Trinajstić information content (AvgIpc) is 3.17. The van der Waals surface area contributed by atoms with Crippen molar-refractivity contribution in [3.8, 4) is 0 Å². The van der Waals surface area contributed by atoms with Crippen LogP contribution in [0.2, 0.25) is 0 Å². The zero-order valence-electron chi connectivity index (χ0n) is 14.3. The highest BCUT2D eigenvalue weighted by Crippen LogP contribution is 2.47. The molecule has 1 aliphatic heterocycles. The van der Waals surface area contributed by atoms with Crippen LogP contribution in [0.1, 0.15) is 5.56 Å². The average molecular weight is 375 g/mol. The Labute approximate surface area is 157 Å². The molecule has 5 rings (SSSR count). The van der Waals surface area contributed by atoms with Crippen LogP contribution in [-0.4, -0.2) is 16.7 Å². The normalized spacial score (nSPS) is 23.4. The van der Waals surface area contributed by atoms with Crippen LogP contribution in [0.4, 0.5) is 11.4 Å². The van der Waals surface area contributed by atoms with Gasteiger partial charge in [-0.05, 0) is 17.7 Å². The number of fused-ring (bicyclic) bond motifs is 4. The van der Waals surface area contributed by atoms with Gasteiger partial charge >= 0.3 is 0 Å². The van der Waals surface area contributed by atoms with Gasteiger partial charge in [0.1, 0.15) is 16.6 Å². The summed E-state index contributed by atoms with van der Waals surface area (Å²) in [6, 6.07) is 7.61. The number of rotatable bonds is 2. The van der Waals surface area contributed by atoms with E-state index in [1.165, 1.54) is 18.2 Å². The summed E-state index contributed by atoms with van der Waals surface area (Å²) in [6.45, 7) is 0. The first-order chi connectivity index (χ1) is 13.4. The maximum absolute atomic E-state index is 12.8. The molecule has 0 spiro atoms. The Kier molecular flexibility index (Phi) is 3.07. The quantitative estimate of drug-likeness (QED) is 0.307. The van der Waals surface area contributed by atoms with Crippen molar-refractivity contribution >= 4 is 45.1 Å². The van der Waals surface area contributed by atoms with E-state index in [1.54, 1.807) is 36.4 Å². The summed E-state index contributed by atoms with van der Waals surface area (Å²) in [5.41, 5.74) is 6.73. The van der Waals surface area contributed by atoms with Crippen molar-refractivity contribution in [1.82, 2.24) is 5.32 Å². The molecule has 2 atom stereocenters. The molecule has 2 heterocycles. The summed E-state index contributed by atoms with van der Waals surface area (Å²) in [5.74, 6) is -1.55. The number of nitrogens with zero attached hydrogens (tertiary/aromatic N) is 1. The predicted molar refractivity (Wildman–Crippen MR) is 101 cm³/mol. The van der Waals surface area contributed by atoms with Crippen LogP contribution in [0, 0.1) is 16.0 Å². The summed E-state index contributed by atoms with van der Waals surface area (Å²) in [6.07, 6.45) is 6.76. The van der Waals surface area contributed by atoms with E-state index in [-0.39, 0.29) is 11.4 Å². The fourth-order valence-corrected chi connectivity index (χ4v) is 4.18. The van der Waals surface area contributed by atoms with E-state index in [0.29, 0.717) is 27.5 Å². The maximum Gasteiger partial charge on any atom is 0.270 e. The third-order valence-corrected chi connectivity index (χ3v) is 5.48. The largest absolute Gasteiger partial charge is 0.456 e. The third-order valence-electron chi connectivity index (χ3n) is 5.48. The number of hydrogen-bond acceptors (Lipinski definition) is 6. The first-order valence-corrected chi connectivity index (χ1v) is 8.54. The van der Waals surface area contributed by atoms with Gasteiger partial charge in [0.05, 0.1) is 16.2 Å². The van der Waals surface area contributed by atoms with Gasteiger partial charge < -0.3 is 10.2 Å². The molecule has 0 bridgehead atoms.